The van der Waals surface area contributed by atoms with Crippen molar-refractivity contribution in [3.63, 3.8) is 0 Å². The van der Waals surface area contributed by atoms with Gasteiger partial charge in [-0.25, -0.2) is 0 Å². The highest BCUT2D eigenvalue weighted by atomic mass is 16.6. The Morgan fingerprint density at radius 1 is 0.950 bits per heavy atom. The summed E-state index contributed by atoms with van der Waals surface area (Å²) in [5.74, 6) is 0. The summed E-state index contributed by atoms with van der Waals surface area (Å²) in [5, 5.41) is 9.97. The van der Waals surface area contributed by atoms with E-state index >= 15 is 0 Å². The number of methoxy groups -OCH3 is 1. The van der Waals surface area contributed by atoms with Crippen molar-refractivity contribution in [3.05, 3.63) is 0 Å². The highest BCUT2D eigenvalue weighted by molar-refractivity contribution is 5.06. The Hall–Kier alpha value is -0.200. The first-order valence-corrected chi connectivity index (χ1v) is 7.74. The van der Waals surface area contributed by atoms with Gasteiger partial charge in [-0.05, 0) is 12.8 Å². The third-order valence-electron chi connectivity index (χ3n) is 4.63. The Kier molecular flexibility index (Phi) is 6.71. The second-order valence-electron chi connectivity index (χ2n) is 5.77. The Morgan fingerprint density at radius 3 is 2.15 bits per heavy atom. The van der Waals surface area contributed by atoms with E-state index in [2.05, 4.69) is 0 Å². The zero-order valence-electron chi connectivity index (χ0n) is 12.5. The van der Waals surface area contributed by atoms with Crippen molar-refractivity contribution in [3.8, 4) is 0 Å². The maximum Gasteiger partial charge on any atom is 0.0704 e. The maximum absolute atomic E-state index is 9.97. The van der Waals surface area contributed by atoms with Crippen LogP contribution in [0.15, 0.2) is 0 Å². The van der Waals surface area contributed by atoms with Crippen LogP contribution >= 0.6 is 0 Å². The average Bonchev–Trinajstić information content (AvgIpc) is 2.97. The summed E-state index contributed by atoms with van der Waals surface area (Å²) in [7, 11) is 1.66. The maximum atomic E-state index is 9.97. The summed E-state index contributed by atoms with van der Waals surface area (Å²) in [4.78, 5) is 0. The normalized spacial score (nSPS) is 27.9. The van der Waals surface area contributed by atoms with Gasteiger partial charge < -0.3 is 24.1 Å². The van der Waals surface area contributed by atoms with Crippen molar-refractivity contribution in [1.82, 2.24) is 0 Å². The molecule has 5 heteroatoms. The molecule has 118 valence electrons. The van der Waals surface area contributed by atoms with Gasteiger partial charge in [-0.15, -0.1) is 0 Å². The van der Waals surface area contributed by atoms with Gasteiger partial charge in [-0.3, -0.25) is 0 Å². The lowest BCUT2D eigenvalue weighted by Gasteiger charge is -2.51. The zero-order valence-corrected chi connectivity index (χ0v) is 12.5. The van der Waals surface area contributed by atoms with Gasteiger partial charge in [0.25, 0.3) is 0 Å². The number of hydrogen-bond donors (Lipinski definition) is 1. The van der Waals surface area contributed by atoms with E-state index in [4.69, 9.17) is 18.9 Å². The molecule has 2 rings (SSSR count). The molecule has 2 fully saturated rings. The van der Waals surface area contributed by atoms with E-state index in [9.17, 15) is 5.11 Å². The van der Waals surface area contributed by atoms with Crippen molar-refractivity contribution in [2.24, 2.45) is 5.41 Å². The van der Waals surface area contributed by atoms with Crippen molar-refractivity contribution in [2.75, 3.05) is 46.8 Å². The molecule has 1 spiro atoms. The Morgan fingerprint density at radius 2 is 1.55 bits per heavy atom. The fourth-order valence-electron chi connectivity index (χ4n) is 3.36. The van der Waals surface area contributed by atoms with Crippen LogP contribution in [0, 0.1) is 5.41 Å². The fourth-order valence-corrected chi connectivity index (χ4v) is 3.36. The predicted octanol–water partition coefficient (Wildman–Crippen LogP) is 1.38. The number of aliphatic hydroxyl groups excluding tert-OH is 1. The molecule has 0 aliphatic heterocycles. The molecule has 0 radical (unpaired) electrons. The second kappa shape index (κ2) is 8.29. The molecule has 2 aliphatic rings. The number of aliphatic hydroxyl groups is 1. The Bertz CT molecular complexity index is 265. The van der Waals surface area contributed by atoms with E-state index in [0.717, 1.165) is 19.3 Å². The Balaban J connectivity index is 1.46. The number of ether oxygens (including phenoxy) is 4. The molecule has 0 aromatic rings. The molecule has 0 saturated heterocycles. The predicted molar refractivity (Wildman–Crippen MR) is 74.8 cm³/mol. The molecule has 2 aliphatic carbocycles. The first-order chi connectivity index (χ1) is 9.79. The minimum atomic E-state index is -0.148. The van der Waals surface area contributed by atoms with Crippen molar-refractivity contribution in [2.45, 2.75) is 44.3 Å². The van der Waals surface area contributed by atoms with E-state index < -0.39 is 0 Å². The van der Waals surface area contributed by atoms with E-state index in [0.29, 0.717) is 39.6 Å². The first kappa shape index (κ1) is 16.2. The van der Waals surface area contributed by atoms with Crippen LogP contribution in [-0.4, -0.2) is 64.1 Å². The third kappa shape index (κ3) is 3.92. The van der Waals surface area contributed by atoms with Gasteiger partial charge in [0.05, 0.1) is 51.8 Å². The van der Waals surface area contributed by atoms with Crippen LogP contribution in [-0.2, 0) is 18.9 Å². The first-order valence-electron chi connectivity index (χ1n) is 7.74. The third-order valence-corrected chi connectivity index (χ3v) is 4.63. The summed E-state index contributed by atoms with van der Waals surface area (Å²) in [6, 6.07) is 0. The quantitative estimate of drug-likeness (QED) is 0.615. The number of rotatable bonds is 10. The summed E-state index contributed by atoms with van der Waals surface area (Å²) in [5.41, 5.74) is 0.0727. The van der Waals surface area contributed by atoms with Crippen molar-refractivity contribution < 1.29 is 24.1 Å². The lowest BCUT2D eigenvalue weighted by Crippen LogP contribution is -2.56. The van der Waals surface area contributed by atoms with Crippen LogP contribution < -0.4 is 0 Å². The second-order valence-corrected chi connectivity index (χ2v) is 5.77. The van der Waals surface area contributed by atoms with Gasteiger partial charge in [0, 0.05) is 18.9 Å². The van der Waals surface area contributed by atoms with E-state index in [1.54, 1.807) is 7.11 Å². The SMILES string of the molecule is COCCOCCOCCOC1CC(O)C12CCCC2. The summed E-state index contributed by atoms with van der Waals surface area (Å²) < 4.78 is 21.5. The highest BCUT2D eigenvalue weighted by Gasteiger charge is 2.56. The van der Waals surface area contributed by atoms with E-state index in [-0.39, 0.29) is 17.6 Å². The minimum Gasteiger partial charge on any atom is -0.392 e. The monoisotopic (exact) mass is 288 g/mol. The van der Waals surface area contributed by atoms with Crippen LogP contribution in [0.5, 0.6) is 0 Å². The van der Waals surface area contributed by atoms with Gasteiger partial charge >= 0.3 is 0 Å². The standard InChI is InChI=1S/C15H28O5/c1-17-6-7-18-8-9-19-10-11-20-14-12-13(16)15(14)4-2-3-5-15/h13-14,16H,2-12H2,1H3. The van der Waals surface area contributed by atoms with Crippen molar-refractivity contribution in [1.29, 1.82) is 0 Å². The molecular formula is C15H28O5. The largest absolute Gasteiger partial charge is 0.392 e. The van der Waals surface area contributed by atoms with Crippen LogP contribution in [0.1, 0.15) is 32.1 Å². The average molecular weight is 288 g/mol. The summed E-state index contributed by atoms with van der Waals surface area (Å²) in [6.45, 7) is 3.61. The molecule has 0 aromatic carbocycles. The van der Waals surface area contributed by atoms with Gasteiger partial charge in [0.1, 0.15) is 0 Å². The lowest BCUT2D eigenvalue weighted by atomic mass is 9.62. The Labute approximate surface area is 121 Å². The molecule has 2 unspecified atom stereocenters. The van der Waals surface area contributed by atoms with Crippen molar-refractivity contribution >= 4 is 0 Å². The van der Waals surface area contributed by atoms with Crippen LogP contribution in [0.25, 0.3) is 0 Å². The molecule has 5 nitrogen and oxygen atoms in total. The molecule has 2 atom stereocenters. The van der Waals surface area contributed by atoms with Crippen LogP contribution in [0.4, 0.5) is 0 Å². The molecular weight excluding hydrogens is 260 g/mol. The van der Waals surface area contributed by atoms with Crippen LogP contribution in [0.3, 0.4) is 0 Å². The van der Waals surface area contributed by atoms with Crippen LogP contribution in [0.2, 0.25) is 0 Å². The fraction of sp³-hybridized carbons (Fsp3) is 1.00. The van der Waals surface area contributed by atoms with Gasteiger partial charge in [0.15, 0.2) is 0 Å². The summed E-state index contributed by atoms with van der Waals surface area (Å²) >= 11 is 0. The topological polar surface area (TPSA) is 57.2 Å². The summed E-state index contributed by atoms with van der Waals surface area (Å²) in [6.07, 6.45) is 5.57. The highest BCUT2D eigenvalue weighted by Crippen LogP contribution is 2.54. The number of hydrogen-bond acceptors (Lipinski definition) is 5. The lowest BCUT2D eigenvalue weighted by molar-refractivity contribution is -0.193. The molecule has 0 bridgehead atoms. The molecule has 0 aromatic heterocycles. The minimum absolute atomic E-state index is 0.0727. The molecule has 1 N–H and O–H groups in total. The zero-order chi connectivity index (χ0) is 14.3. The smallest absolute Gasteiger partial charge is 0.0704 e. The molecule has 2 saturated carbocycles. The molecule has 20 heavy (non-hydrogen) atoms. The van der Waals surface area contributed by atoms with E-state index in [1.807, 2.05) is 0 Å². The molecule has 0 amide bonds. The van der Waals surface area contributed by atoms with E-state index in [1.165, 1.54) is 12.8 Å². The van der Waals surface area contributed by atoms with Gasteiger partial charge in [-0.2, -0.15) is 0 Å². The van der Waals surface area contributed by atoms with Gasteiger partial charge in [-0.1, -0.05) is 12.8 Å². The molecule has 0 heterocycles. The van der Waals surface area contributed by atoms with Gasteiger partial charge in [0.2, 0.25) is 0 Å².